The maximum Gasteiger partial charge on any atom is 0.286 e. The number of nitrogens with zero attached hydrogens (tertiary/aromatic N) is 2. The van der Waals surface area contributed by atoms with Crippen molar-refractivity contribution in [3.8, 4) is 17.2 Å². The molecule has 1 heterocycles. The first-order chi connectivity index (χ1) is 17.8. The molecule has 1 unspecified atom stereocenters. The first kappa shape index (κ1) is 28.2. The van der Waals surface area contributed by atoms with Crippen molar-refractivity contribution in [2.75, 3.05) is 58.0 Å². The van der Waals surface area contributed by atoms with E-state index >= 15 is 0 Å². The number of methoxy groups -OCH3 is 1. The van der Waals surface area contributed by atoms with Crippen LogP contribution >= 0.6 is 0 Å². The monoisotopic (exact) mass is 513 g/mol. The van der Waals surface area contributed by atoms with Crippen LogP contribution in [-0.2, 0) is 9.53 Å². The van der Waals surface area contributed by atoms with Gasteiger partial charge in [-0.25, -0.2) is 0 Å². The first-order valence-electron chi connectivity index (χ1n) is 12.6. The molecule has 202 valence electrons. The van der Waals surface area contributed by atoms with Gasteiger partial charge in [0.05, 0.1) is 20.3 Å². The average Bonchev–Trinajstić information content (AvgIpc) is 2.89. The topological polar surface area (TPSA) is 133 Å². The van der Waals surface area contributed by atoms with Gasteiger partial charge >= 0.3 is 0 Å². The highest BCUT2D eigenvalue weighted by atomic mass is 16.5. The number of hydrogen-bond acceptors (Lipinski definition) is 8. The highest BCUT2D eigenvalue weighted by Gasteiger charge is 2.29. The van der Waals surface area contributed by atoms with Crippen LogP contribution in [0.3, 0.4) is 0 Å². The van der Waals surface area contributed by atoms with E-state index in [1.165, 1.54) is 11.0 Å². The fourth-order valence-electron chi connectivity index (χ4n) is 4.21. The largest absolute Gasteiger partial charge is 0.507 e. The third-order valence-corrected chi connectivity index (χ3v) is 6.29. The number of amidine groups is 1. The second kappa shape index (κ2) is 13.3. The summed E-state index contributed by atoms with van der Waals surface area (Å²) >= 11 is 0. The molecule has 0 aliphatic carbocycles. The lowest BCUT2D eigenvalue weighted by Gasteiger charge is -2.32. The Bertz CT molecular complexity index is 1050. The van der Waals surface area contributed by atoms with E-state index in [4.69, 9.17) is 25.4 Å². The number of aromatic hydroxyl groups is 1. The molecule has 1 amide bonds. The molecule has 10 nitrogen and oxygen atoms in total. The minimum Gasteiger partial charge on any atom is -0.507 e. The highest BCUT2D eigenvalue weighted by Crippen LogP contribution is 2.37. The lowest BCUT2D eigenvalue weighted by molar-refractivity contribution is -0.114. The smallest absolute Gasteiger partial charge is 0.286 e. The van der Waals surface area contributed by atoms with E-state index in [0.29, 0.717) is 35.9 Å². The normalized spacial score (nSPS) is 14.8. The van der Waals surface area contributed by atoms with Crippen molar-refractivity contribution in [1.82, 2.24) is 10.2 Å². The van der Waals surface area contributed by atoms with Gasteiger partial charge in [-0.3, -0.25) is 15.1 Å². The maximum atomic E-state index is 12.7. The molecule has 0 radical (unpaired) electrons. The number of nitrogens with one attached hydrogen (secondary N) is 2. The van der Waals surface area contributed by atoms with E-state index in [-0.39, 0.29) is 17.5 Å². The van der Waals surface area contributed by atoms with Crippen LogP contribution in [0.25, 0.3) is 0 Å². The highest BCUT2D eigenvalue weighted by molar-refractivity contribution is 6.41. The van der Waals surface area contributed by atoms with E-state index in [9.17, 15) is 9.90 Å². The van der Waals surface area contributed by atoms with Gasteiger partial charge in [0.15, 0.2) is 5.84 Å². The Hall–Kier alpha value is -3.34. The van der Waals surface area contributed by atoms with Gasteiger partial charge in [0.2, 0.25) is 0 Å². The fourth-order valence-corrected chi connectivity index (χ4v) is 4.21. The number of amides is 1. The van der Waals surface area contributed by atoms with E-state index in [0.717, 1.165) is 38.4 Å². The molecule has 0 saturated carbocycles. The van der Waals surface area contributed by atoms with Crippen molar-refractivity contribution < 1.29 is 24.1 Å². The van der Waals surface area contributed by atoms with Crippen molar-refractivity contribution in [2.24, 2.45) is 5.73 Å². The van der Waals surface area contributed by atoms with Crippen LogP contribution in [0.1, 0.15) is 44.0 Å². The Morgan fingerprint density at radius 2 is 1.89 bits per heavy atom. The van der Waals surface area contributed by atoms with Gasteiger partial charge in [0.1, 0.15) is 30.0 Å². The summed E-state index contributed by atoms with van der Waals surface area (Å²) in [4.78, 5) is 16.3. The quantitative estimate of drug-likeness (QED) is 0.217. The number of anilines is 1. The summed E-state index contributed by atoms with van der Waals surface area (Å²) in [6.07, 6.45) is -1.01. The number of rotatable bonds is 10. The molecule has 2 aromatic carbocycles. The molecule has 2 aromatic rings. The first-order valence-corrected chi connectivity index (χ1v) is 12.6. The van der Waals surface area contributed by atoms with Gasteiger partial charge < -0.3 is 35.3 Å². The zero-order chi connectivity index (χ0) is 26.9. The Kier molecular flexibility index (Phi) is 10.1. The van der Waals surface area contributed by atoms with E-state index in [1.807, 2.05) is 13.8 Å². The molecule has 3 rings (SSSR count). The predicted octanol–water partition coefficient (Wildman–Crippen LogP) is 2.81. The number of benzene rings is 2. The molecule has 1 saturated heterocycles. The number of carbonyl (C=O) groups is 1. The van der Waals surface area contributed by atoms with Crippen molar-refractivity contribution >= 4 is 17.4 Å². The number of phenols is 1. The predicted molar refractivity (Wildman–Crippen MR) is 144 cm³/mol. The molecule has 37 heavy (non-hydrogen) atoms. The molecule has 1 atom stereocenters. The number of morpholine rings is 1. The number of phenolic OH excluding ortho intramolecular Hbond substituents is 1. The summed E-state index contributed by atoms with van der Waals surface area (Å²) in [5.74, 6) is 0.339. The Balaban J connectivity index is 1.85. The van der Waals surface area contributed by atoms with Crippen molar-refractivity contribution in [3.05, 3.63) is 47.5 Å². The standard InChI is InChI=1S/C27H39N5O5/c1-5-30-27(34)26(29)32(25(28)22-16-21(18(2)3)24(35-4)17-23(22)33)19-6-8-20(9-7-19)37-15-12-31-10-13-36-14-11-31/h6-9,16-18,25,29,33H,5,10-15,28H2,1-4H3,(H,30,34). The molecular formula is C27H39N5O5. The average molecular weight is 514 g/mol. The summed E-state index contributed by atoms with van der Waals surface area (Å²) in [6, 6.07) is 10.4. The minimum atomic E-state index is -1.01. The number of carbonyl (C=O) groups excluding carboxylic acids is 1. The summed E-state index contributed by atoms with van der Waals surface area (Å²) in [5.41, 5.74) is 8.38. The van der Waals surface area contributed by atoms with E-state index in [1.54, 1.807) is 44.4 Å². The summed E-state index contributed by atoms with van der Waals surface area (Å²) in [5, 5.41) is 22.0. The van der Waals surface area contributed by atoms with Gasteiger partial charge in [0, 0.05) is 43.5 Å². The van der Waals surface area contributed by atoms with Crippen LogP contribution in [0.4, 0.5) is 5.69 Å². The van der Waals surface area contributed by atoms with Gasteiger partial charge in [-0.05, 0) is 48.7 Å². The Morgan fingerprint density at radius 1 is 1.22 bits per heavy atom. The summed E-state index contributed by atoms with van der Waals surface area (Å²) in [7, 11) is 1.54. The third kappa shape index (κ3) is 7.12. The van der Waals surface area contributed by atoms with Gasteiger partial charge in [-0.1, -0.05) is 13.8 Å². The molecular weight excluding hydrogens is 474 g/mol. The maximum absolute atomic E-state index is 12.7. The van der Waals surface area contributed by atoms with Crippen LogP contribution in [0.2, 0.25) is 0 Å². The zero-order valence-electron chi connectivity index (χ0n) is 22.1. The Morgan fingerprint density at radius 3 is 2.49 bits per heavy atom. The van der Waals surface area contributed by atoms with Crippen LogP contribution in [0, 0.1) is 5.41 Å². The number of ether oxygens (including phenoxy) is 3. The lowest BCUT2D eigenvalue weighted by atomic mass is 9.97. The molecule has 1 aliphatic rings. The van der Waals surface area contributed by atoms with Gasteiger partial charge in [-0.15, -0.1) is 0 Å². The summed E-state index contributed by atoms with van der Waals surface area (Å²) in [6.45, 7) is 10.8. The molecule has 0 spiro atoms. The van der Waals surface area contributed by atoms with E-state index < -0.39 is 12.1 Å². The molecule has 10 heteroatoms. The van der Waals surface area contributed by atoms with Crippen molar-refractivity contribution in [1.29, 1.82) is 5.41 Å². The molecule has 1 fully saturated rings. The number of likely N-dealkylation sites (N-methyl/N-ethyl adjacent to an activating group) is 1. The second-order valence-electron chi connectivity index (χ2n) is 9.13. The molecule has 0 aromatic heterocycles. The molecule has 5 N–H and O–H groups in total. The van der Waals surface area contributed by atoms with E-state index in [2.05, 4.69) is 10.2 Å². The minimum absolute atomic E-state index is 0.0782. The Labute approximate surface area is 218 Å². The summed E-state index contributed by atoms with van der Waals surface area (Å²) < 4.78 is 16.7. The number of hydrogen-bond donors (Lipinski definition) is 4. The molecule has 1 aliphatic heterocycles. The zero-order valence-corrected chi connectivity index (χ0v) is 22.1. The van der Waals surface area contributed by atoms with Gasteiger partial charge in [0.25, 0.3) is 5.91 Å². The van der Waals surface area contributed by atoms with Crippen LogP contribution in [-0.4, -0.2) is 74.9 Å². The van der Waals surface area contributed by atoms with Crippen LogP contribution < -0.4 is 25.4 Å². The van der Waals surface area contributed by atoms with Gasteiger partial charge in [-0.2, -0.15) is 0 Å². The fraction of sp³-hybridized carbons (Fsp3) is 0.481. The van der Waals surface area contributed by atoms with Crippen LogP contribution in [0.5, 0.6) is 17.2 Å². The third-order valence-electron chi connectivity index (χ3n) is 6.29. The number of nitrogens with two attached hydrogens (primary N) is 1. The lowest BCUT2D eigenvalue weighted by Crippen LogP contribution is -2.47. The molecule has 0 bridgehead atoms. The second-order valence-corrected chi connectivity index (χ2v) is 9.13. The SMILES string of the molecule is CCNC(=O)C(=N)N(c1ccc(OCCN2CCOCC2)cc1)C(N)c1cc(C(C)C)c(OC)cc1O. The van der Waals surface area contributed by atoms with Crippen LogP contribution in [0.15, 0.2) is 36.4 Å². The van der Waals surface area contributed by atoms with Crippen molar-refractivity contribution in [2.45, 2.75) is 32.9 Å². The van der Waals surface area contributed by atoms with Crippen molar-refractivity contribution in [3.63, 3.8) is 0 Å².